The molecule has 3 N–H and O–H groups in total. The topological polar surface area (TPSA) is 84.3 Å². The van der Waals surface area contributed by atoms with Crippen LogP contribution in [0.1, 0.15) is 24.2 Å². The van der Waals surface area contributed by atoms with Crippen molar-refractivity contribution in [2.45, 2.75) is 26.2 Å². The van der Waals surface area contributed by atoms with Gasteiger partial charge in [0.05, 0.1) is 26.9 Å². The number of nitrogens with one attached hydrogen (secondary N) is 2. The Labute approximate surface area is 197 Å². The summed E-state index contributed by atoms with van der Waals surface area (Å²) in [6.07, 6.45) is -0.860. The highest BCUT2D eigenvalue weighted by molar-refractivity contribution is 14.0. The van der Waals surface area contributed by atoms with Crippen molar-refractivity contribution < 1.29 is 28.1 Å². The Morgan fingerprint density at radius 1 is 1.06 bits per heavy atom. The summed E-state index contributed by atoms with van der Waals surface area (Å²) in [6, 6.07) is 11.4. The molecule has 1 unspecified atom stereocenters. The van der Waals surface area contributed by atoms with E-state index < -0.39 is 12.7 Å². The lowest BCUT2D eigenvalue weighted by Crippen LogP contribution is -2.39. The van der Waals surface area contributed by atoms with E-state index in [4.69, 9.17) is 9.47 Å². The molecule has 0 amide bonds. The molecule has 2 aromatic rings. The maximum absolute atomic E-state index is 12.2. The van der Waals surface area contributed by atoms with Crippen molar-refractivity contribution in [3.63, 3.8) is 0 Å². The fraction of sp³-hybridized carbons (Fsp3) is 0.381. The van der Waals surface area contributed by atoms with Gasteiger partial charge in [0.1, 0.15) is 5.75 Å². The van der Waals surface area contributed by atoms with E-state index in [2.05, 4.69) is 20.4 Å². The zero-order chi connectivity index (χ0) is 21.9. The van der Waals surface area contributed by atoms with Crippen LogP contribution < -0.4 is 24.8 Å². The molecule has 0 aliphatic rings. The first kappa shape index (κ1) is 26.7. The van der Waals surface area contributed by atoms with Gasteiger partial charge in [-0.1, -0.05) is 24.3 Å². The molecule has 2 rings (SSSR count). The highest BCUT2D eigenvalue weighted by Crippen LogP contribution is 2.31. The summed E-state index contributed by atoms with van der Waals surface area (Å²) in [5.41, 5.74) is 1.42. The van der Waals surface area contributed by atoms with Crippen LogP contribution in [-0.4, -0.2) is 45.0 Å². The van der Waals surface area contributed by atoms with Crippen LogP contribution in [0, 0.1) is 0 Å². The van der Waals surface area contributed by atoms with E-state index in [0.29, 0.717) is 36.1 Å². The third-order valence-electron chi connectivity index (χ3n) is 4.19. The van der Waals surface area contributed by atoms with Gasteiger partial charge in [-0.15, -0.1) is 24.0 Å². The van der Waals surface area contributed by atoms with Gasteiger partial charge in [-0.2, -0.15) is 8.78 Å². The monoisotopic (exact) mass is 551 g/mol. The minimum absolute atomic E-state index is 0. The van der Waals surface area contributed by atoms with E-state index in [9.17, 15) is 13.9 Å². The lowest BCUT2D eigenvalue weighted by atomic mass is 10.1. The summed E-state index contributed by atoms with van der Waals surface area (Å²) in [6.45, 7) is 0.199. The number of aliphatic hydroxyl groups excluding tert-OH is 1. The summed E-state index contributed by atoms with van der Waals surface area (Å²) in [4.78, 5) is 4.52. The van der Waals surface area contributed by atoms with E-state index in [-0.39, 0.29) is 36.3 Å². The number of rotatable bonds is 10. The normalized spacial score (nSPS) is 12.0. The van der Waals surface area contributed by atoms with Gasteiger partial charge in [0.15, 0.2) is 17.5 Å². The Hall–Kier alpha value is -2.34. The first-order chi connectivity index (χ1) is 14.5. The van der Waals surface area contributed by atoms with Gasteiger partial charge < -0.3 is 30.0 Å². The van der Waals surface area contributed by atoms with Crippen molar-refractivity contribution in [3.8, 4) is 17.2 Å². The molecule has 0 radical (unpaired) electrons. The molecule has 0 fully saturated rings. The van der Waals surface area contributed by atoms with Gasteiger partial charge in [0.25, 0.3) is 0 Å². The number of aliphatic imine (C=N–C) groups is 1. The molecule has 0 saturated heterocycles. The number of hydrogen-bond acceptors (Lipinski definition) is 5. The number of para-hydroxylation sites is 1. The summed E-state index contributed by atoms with van der Waals surface area (Å²) < 4.78 is 39.5. The molecule has 0 aromatic heterocycles. The molecular weight excluding hydrogens is 523 g/mol. The van der Waals surface area contributed by atoms with Crippen molar-refractivity contribution >= 4 is 29.9 Å². The molecule has 0 heterocycles. The fourth-order valence-corrected chi connectivity index (χ4v) is 2.77. The second-order valence-corrected chi connectivity index (χ2v) is 6.19. The lowest BCUT2D eigenvalue weighted by Gasteiger charge is -2.16. The first-order valence-electron chi connectivity index (χ1n) is 9.43. The van der Waals surface area contributed by atoms with Crippen molar-refractivity contribution in [2.24, 2.45) is 4.99 Å². The van der Waals surface area contributed by atoms with Gasteiger partial charge in [-0.25, -0.2) is 4.99 Å². The van der Waals surface area contributed by atoms with Crippen LogP contribution in [-0.2, 0) is 6.54 Å². The van der Waals surface area contributed by atoms with Crippen molar-refractivity contribution in [3.05, 3.63) is 53.6 Å². The van der Waals surface area contributed by atoms with Gasteiger partial charge in [-0.05, 0) is 30.7 Å². The molecule has 1 atom stereocenters. The number of benzene rings is 2. The van der Waals surface area contributed by atoms with E-state index >= 15 is 0 Å². The summed E-state index contributed by atoms with van der Waals surface area (Å²) in [5.74, 6) is 1.79. The molecule has 0 bridgehead atoms. The van der Waals surface area contributed by atoms with E-state index in [1.54, 1.807) is 14.2 Å². The molecule has 7 nitrogen and oxygen atoms in total. The predicted octanol–water partition coefficient (Wildman–Crippen LogP) is 3.71. The number of hydrogen-bond donors (Lipinski definition) is 3. The van der Waals surface area contributed by atoms with E-state index in [1.165, 1.54) is 24.3 Å². The molecule has 10 heteroatoms. The number of halogens is 3. The maximum atomic E-state index is 12.2. The standard InChI is InChI=1S/C21H27F2N3O4.HI/c1-4-24-21(25-12-15-6-5-7-18(28-2)19(15)29-3)26-13-17(27)14-8-10-16(11-9-14)30-20(22)23;/h5-11,17,20,27H,4,12-13H2,1-3H3,(H2,24,25,26);1H. The zero-order valence-electron chi connectivity index (χ0n) is 17.6. The average molecular weight is 551 g/mol. The lowest BCUT2D eigenvalue weighted by molar-refractivity contribution is -0.0498. The highest BCUT2D eigenvalue weighted by atomic mass is 127. The number of aliphatic hydroxyl groups is 1. The van der Waals surface area contributed by atoms with E-state index in [0.717, 1.165) is 5.56 Å². The van der Waals surface area contributed by atoms with Crippen molar-refractivity contribution in [1.82, 2.24) is 10.6 Å². The average Bonchev–Trinajstić information content (AvgIpc) is 2.75. The number of alkyl halides is 2. The maximum Gasteiger partial charge on any atom is 0.387 e. The Balaban J connectivity index is 0.00000480. The quantitative estimate of drug-likeness (QED) is 0.237. The molecule has 31 heavy (non-hydrogen) atoms. The molecule has 0 aliphatic heterocycles. The van der Waals surface area contributed by atoms with Crippen LogP contribution in [0.15, 0.2) is 47.5 Å². The molecular formula is C21H28F2IN3O4. The molecule has 0 aliphatic carbocycles. The Morgan fingerprint density at radius 2 is 1.77 bits per heavy atom. The Morgan fingerprint density at radius 3 is 2.35 bits per heavy atom. The summed E-state index contributed by atoms with van der Waals surface area (Å²) >= 11 is 0. The first-order valence-corrected chi connectivity index (χ1v) is 9.43. The molecule has 0 saturated carbocycles. The van der Waals surface area contributed by atoms with Gasteiger partial charge >= 0.3 is 6.61 Å². The van der Waals surface area contributed by atoms with Crippen LogP contribution in [0.3, 0.4) is 0 Å². The van der Waals surface area contributed by atoms with Gasteiger partial charge in [0.2, 0.25) is 0 Å². The van der Waals surface area contributed by atoms with Crippen molar-refractivity contribution in [2.75, 3.05) is 27.3 Å². The minimum Gasteiger partial charge on any atom is -0.493 e. The number of ether oxygens (including phenoxy) is 3. The minimum atomic E-state index is -2.88. The highest BCUT2D eigenvalue weighted by Gasteiger charge is 2.12. The Kier molecular flexibility index (Phi) is 11.9. The predicted molar refractivity (Wildman–Crippen MR) is 126 cm³/mol. The van der Waals surface area contributed by atoms with E-state index in [1.807, 2.05) is 25.1 Å². The third-order valence-corrected chi connectivity index (χ3v) is 4.19. The number of nitrogens with zero attached hydrogens (tertiary/aromatic N) is 1. The molecule has 0 spiro atoms. The van der Waals surface area contributed by atoms with Crippen LogP contribution in [0.2, 0.25) is 0 Å². The number of guanidine groups is 1. The van der Waals surface area contributed by atoms with Crippen LogP contribution in [0.4, 0.5) is 8.78 Å². The fourth-order valence-electron chi connectivity index (χ4n) is 2.77. The molecule has 2 aromatic carbocycles. The smallest absolute Gasteiger partial charge is 0.387 e. The second kappa shape index (κ2) is 13.9. The van der Waals surface area contributed by atoms with Crippen molar-refractivity contribution in [1.29, 1.82) is 0 Å². The van der Waals surface area contributed by atoms with Gasteiger partial charge in [0, 0.05) is 18.7 Å². The van der Waals surface area contributed by atoms with Gasteiger partial charge in [-0.3, -0.25) is 0 Å². The summed E-state index contributed by atoms with van der Waals surface area (Å²) in [5, 5.41) is 16.6. The van der Waals surface area contributed by atoms with Crippen LogP contribution >= 0.6 is 24.0 Å². The van der Waals surface area contributed by atoms with Crippen LogP contribution in [0.5, 0.6) is 17.2 Å². The Bertz CT molecular complexity index is 823. The molecule has 172 valence electrons. The largest absolute Gasteiger partial charge is 0.493 e. The zero-order valence-corrected chi connectivity index (χ0v) is 19.9. The summed E-state index contributed by atoms with van der Waals surface area (Å²) in [7, 11) is 3.15. The second-order valence-electron chi connectivity index (χ2n) is 6.19. The SMILES string of the molecule is CCNC(=NCc1cccc(OC)c1OC)NCC(O)c1ccc(OC(F)F)cc1.I. The van der Waals surface area contributed by atoms with Crippen LogP contribution in [0.25, 0.3) is 0 Å². The number of methoxy groups -OCH3 is 2. The third kappa shape index (κ3) is 8.37.